The number of hydrogen-bond donors (Lipinski definition) is 3. The van der Waals surface area contributed by atoms with Crippen LogP contribution in [0.5, 0.6) is 0 Å². The lowest BCUT2D eigenvalue weighted by molar-refractivity contribution is -0.137. The summed E-state index contributed by atoms with van der Waals surface area (Å²) in [7, 11) is 0. The van der Waals surface area contributed by atoms with Crippen LogP contribution in [0.3, 0.4) is 0 Å². The van der Waals surface area contributed by atoms with Crippen LogP contribution in [0.15, 0.2) is 23.7 Å². The van der Waals surface area contributed by atoms with Crippen molar-refractivity contribution in [2.24, 2.45) is 5.92 Å². The molecule has 2 amide bonds. The van der Waals surface area contributed by atoms with Crippen molar-refractivity contribution in [1.29, 1.82) is 0 Å². The van der Waals surface area contributed by atoms with Gasteiger partial charge in [-0.15, -0.1) is 11.3 Å². The Morgan fingerprint density at radius 3 is 2.95 bits per heavy atom. The van der Waals surface area contributed by atoms with Gasteiger partial charge in [0.1, 0.15) is 0 Å². The van der Waals surface area contributed by atoms with Crippen LogP contribution in [0, 0.1) is 5.92 Å². The molecule has 3 N–H and O–H groups in total. The van der Waals surface area contributed by atoms with Crippen molar-refractivity contribution in [2.75, 3.05) is 5.32 Å². The zero-order valence-corrected chi connectivity index (χ0v) is 12.0. The van der Waals surface area contributed by atoms with E-state index < -0.39 is 5.97 Å². The molecule has 0 radical (unpaired) electrons. The molecular formula is C14H15N3O3S. The van der Waals surface area contributed by atoms with Crippen molar-refractivity contribution in [1.82, 2.24) is 10.3 Å². The van der Waals surface area contributed by atoms with E-state index in [-0.39, 0.29) is 24.4 Å². The van der Waals surface area contributed by atoms with Crippen molar-refractivity contribution in [3.8, 4) is 0 Å². The lowest BCUT2D eigenvalue weighted by atomic mass is 10.1. The van der Waals surface area contributed by atoms with Crippen molar-refractivity contribution >= 4 is 39.2 Å². The van der Waals surface area contributed by atoms with E-state index in [4.69, 9.17) is 5.11 Å². The van der Waals surface area contributed by atoms with Crippen LogP contribution in [0.1, 0.15) is 19.3 Å². The first-order valence-corrected chi connectivity index (χ1v) is 7.62. The van der Waals surface area contributed by atoms with Gasteiger partial charge in [-0.2, -0.15) is 0 Å². The molecule has 1 aromatic carbocycles. The first-order chi connectivity index (χ1) is 10.1. The maximum absolute atomic E-state index is 12.0. The average molecular weight is 305 g/mol. The third-order valence-corrected chi connectivity index (χ3v) is 4.28. The zero-order chi connectivity index (χ0) is 14.8. The van der Waals surface area contributed by atoms with Crippen LogP contribution >= 0.6 is 11.3 Å². The number of carbonyl (C=O) groups excluding carboxylic acids is 1. The number of nitrogens with one attached hydrogen (secondary N) is 2. The minimum atomic E-state index is -0.890. The summed E-state index contributed by atoms with van der Waals surface area (Å²) in [5.41, 5.74) is 3.33. The Hall–Kier alpha value is -2.15. The number of benzene rings is 1. The van der Waals surface area contributed by atoms with Crippen LogP contribution in [-0.2, 0) is 4.79 Å². The van der Waals surface area contributed by atoms with E-state index >= 15 is 0 Å². The van der Waals surface area contributed by atoms with E-state index in [9.17, 15) is 9.59 Å². The van der Waals surface area contributed by atoms with Crippen molar-refractivity contribution in [3.05, 3.63) is 23.7 Å². The molecule has 110 valence electrons. The fourth-order valence-electron chi connectivity index (χ4n) is 2.29. The van der Waals surface area contributed by atoms with Gasteiger partial charge >= 0.3 is 12.0 Å². The molecule has 1 aromatic heterocycles. The fraction of sp³-hybridized carbons (Fsp3) is 0.357. The molecule has 1 atom stereocenters. The molecule has 3 rings (SSSR count). The van der Waals surface area contributed by atoms with E-state index in [1.54, 1.807) is 11.6 Å². The largest absolute Gasteiger partial charge is 0.481 e. The number of rotatable bonds is 5. The summed E-state index contributed by atoms with van der Waals surface area (Å²) in [5.74, 6) is -0.603. The molecule has 0 spiro atoms. The summed E-state index contributed by atoms with van der Waals surface area (Å²) in [6, 6.07) is 4.82. The van der Waals surface area contributed by atoms with Gasteiger partial charge in [0.25, 0.3) is 0 Å². The van der Waals surface area contributed by atoms with Gasteiger partial charge in [-0.05, 0) is 37.0 Å². The Morgan fingerprint density at radius 1 is 1.43 bits per heavy atom. The van der Waals surface area contributed by atoms with E-state index in [1.807, 2.05) is 12.1 Å². The first kappa shape index (κ1) is 13.8. The van der Waals surface area contributed by atoms with Gasteiger partial charge in [-0.25, -0.2) is 9.78 Å². The van der Waals surface area contributed by atoms with Crippen LogP contribution in [0.4, 0.5) is 10.5 Å². The minimum Gasteiger partial charge on any atom is -0.481 e. The molecule has 0 aliphatic heterocycles. The molecule has 1 unspecified atom stereocenters. The summed E-state index contributed by atoms with van der Waals surface area (Å²) in [5, 5.41) is 14.4. The molecule has 1 aliphatic carbocycles. The number of aliphatic carboxylic acids is 1. The number of thiazole rings is 1. The Balaban J connectivity index is 1.63. The smallest absolute Gasteiger partial charge is 0.319 e. The van der Waals surface area contributed by atoms with Crippen LogP contribution in [0.25, 0.3) is 10.2 Å². The highest BCUT2D eigenvalue weighted by Gasteiger charge is 2.33. The second kappa shape index (κ2) is 5.69. The molecule has 1 fully saturated rings. The van der Waals surface area contributed by atoms with Gasteiger partial charge in [-0.3, -0.25) is 4.79 Å². The molecule has 1 heterocycles. The van der Waals surface area contributed by atoms with E-state index in [1.165, 1.54) is 11.3 Å². The molecule has 1 aliphatic rings. The fourth-order valence-corrected chi connectivity index (χ4v) is 3.01. The van der Waals surface area contributed by atoms with Crippen molar-refractivity contribution in [3.63, 3.8) is 0 Å². The third-order valence-electron chi connectivity index (χ3n) is 3.49. The predicted octanol–water partition coefficient (Wildman–Crippen LogP) is 2.67. The quantitative estimate of drug-likeness (QED) is 0.792. The number of carbonyl (C=O) groups is 2. The van der Waals surface area contributed by atoms with Gasteiger partial charge in [0.15, 0.2) is 0 Å². The maximum Gasteiger partial charge on any atom is 0.319 e. The minimum absolute atomic E-state index is 0.0357. The van der Waals surface area contributed by atoms with E-state index in [2.05, 4.69) is 15.6 Å². The Kier molecular flexibility index (Phi) is 3.74. The average Bonchev–Trinajstić information content (AvgIpc) is 3.16. The highest BCUT2D eigenvalue weighted by atomic mass is 32.1. The number of carboxylic acids is 1. The monoisotopic (exact) mass is 305 g/mol. The predicted molar refractivity (Wildman–Crippen MR) is 80.5 cm³/mol. The SMILES string of the molecule is O=C(O)CC(NC(=O)Nc1ccc2ncsc2c1)C1CC1. The van der Waals surface area contributed by atoms with Gasteiger partial charge in [0.05, 0.1) is 22.1 Å². The van der Waals surface area contributed by atoms with Crippen LogP contribution < -0.4 is 10.6 Å². The number of aromatic nitrogens is 1. The summed E-state index contributed by atoms with van der Waals surface area (Å²) in [6.45, 7) is 0. The van der Waals surface area contributed by atoms with Crippen molar-refractivity contribution < 1.29 is 14.7 Å². The van der Waals surface area contributed by atoms with Crippen LogP contribution in [-0.4, -0.2) is 28.1 Å². The first-order valence-electron chi connectivity index (χ1n) is 6.74. The lowest BCUT2D eigenvalue weighted by Crippen LogP contribution is -2.40. The maximum atomic E-state index is 12.0. The number of urea groups is 1. The molecule has 6 nitrogen and oxygen atoms in total. The highest BCUT2D eigenvalue weighted by Crippen LogP contribution is 2.34. The molecule has 0 bridgehead atoms. The van der Waals surface area contributed by atoms with Gasteiger partial charge in [-0.1, -0.05) is 0 Å². The molecular weight excluding hydrogens is 290 g/mol. The highest BCUT2D eigenvalue weighted by molar-refractivity contribution is 7.16. The number of fused-ring (bicyclic) bond motifs is 1. The Labute approximate surface area is 125 Å². The van der Waals surface area contributed by atoms with Gasteiger partial charge in [0, 0.05) is 11.7 Å². The number of hydrogen-bond acceptors (Lipinski definition) is 4. The molecule has 21 heavy (non-hydrogen) atoms. The number of amides is 2. The summed E-state index contributed by atoms with van der Waals surface area (Å²) in [4.78, 5) is 27.0. The van der Waals surface area contributed by atoms with Crippen LogP contribution in [0.2, 0.25) is 0 Å². The number of carboxylic acid groups (broad SMARTS) is 1. The topological polar surface area (TPSA) is 91.3 Å². The standard InChI is InChI=1S/C14H15N3O3S/c18-13(19)6-11(8-1-2-8)17-14(20)16-9-3-4-10-12(5-9)21-7-15-10/h3-5,7-8,11H,1-2,6H2,(H,18,19)(H2,16,17,20). The second-order valence-corrected chi connectivity index (χ2v) is 6.06. The number of nitrogens with zero attached hydrogens (tertiary/aromatic N) is 1. The van der Waals surface area contributed by atoms with Gasteiger partial charge in [0.2, 0.25) is 0 Å². The summed E-state index contributed by atoms with van der Waals surface area (Å²) >= 11 is 1.51. The molecule has 2 aromatic rings. The summed E-state index contributed by atoms with van der Waals surface area (Å²) < 4.78 is 0.997. The number of anilines is 1. The summed E-state index contributed by atoms with van der Waals surface area (Å²) in [6.07, 6.45) is 1.92. The Bertz CT molecular complexity index is 681. The lowest BCUT2D eigenvalue weighted by Gasteiger charge is -2.16. The third kappa shape index (κ3) is 3.49. The Morgan fingerprint density at radius 2 is 2.24 bits per heavy atom. The van der Waals surface area contributed by atoms with E-state index in [0.717, 1.165) is 23.1 Å². The molecule has 1 saturated carbocycles. The zero-order valence-electron chi connectivity index (χ0n) is 11.2. The second-order valence-electron chi connectivity index (χ2n) is 5.18. The normalized spacial score (nSPS) is 15.6. The molecule has 0 saturated heterocycles. The van der Waals surface area contributed by atoms with E-state index in [0.29, 0.717) is 5.69 Å². The van der Waals surface area contributed by atoms with Gasteiger partial charge < -0.3 is 15.7 Å². The van der Waals surface area contributed by atoms with Crippen molar-refractivity contribution in [2.45, 2.75) is 25.3 Å². The molecule has 7 heteroatoms.